The molecule has 0 bridgehead atoms. The fraction of sp³-hybridized carbons (Fsp3) is 0.273. The van der Waals surface area contributed by atoms with Gasteiger partial charge in [-0.15, -0.1) is 0 Å². The Morgan fingerprint density at radius 2 is 2.25 bits per heavy atom. The van der Waals surface area contributed by atoms with E-state index in [1.807, 2.05) is 0 Å². The number of carbonyl (C=O) groups excluding carboxylic acids is 2. The Labute approximate surface area is 101 Å². The predicted molar refractivity (Wildman–Crippen MR) is 62.0 cm³/mol. The molecule has 0 unspecified atom stereocenters. The van der Waals surface area contributed by atoms with Gasteiger partial charge in [-0.05, 0) is 25.1 Å². The van der Waals surface area contributed by atoms with Gasteiger partial charge in [0.25, 0.3) is 5.91 Å². The fourth-order valence-electron chi connectivity index (χ4n) is 1.85. The summed E-state index contributed by atoms with van der Waals surface area (Å²) in [5.74, 6) is -0.777. The van der Waals surface area contributed by atoms with Crippen molar-refractivity contribution in [2.75, 3.05) is 5.32 Å². The number of hydrogen-bond acceptors (Lipinski definition) is 3. The summed E-state index contributed by atoms with van der Waals surface area (Å²) in [6.07, 6.45) is -0.206. The number of halogens is 1. The highest BCUT2D eigenvalue weighted by Crippen LogP contribution is 2.39. The smallest absolute Gasteiger partial charge is 0.261 e. The number of rotatable bonds is 2. The predicted octanol–water partition coefficient (Wildman–Crippen LogP) is 1.57. The number of carbonyl (C=O) groups is 2. The Hall–Kier alpha value is -1.20. The van der Waals surface area contributed by atoms with Gasteiger partial charge >= 0.3 is 0 Å². The van der Waals surface area contributed by atoms with Gasteiger partial charge in [0.2, 0.25) is 0 Å². The zero-order chi connectivity index (χ0) is 11.9. The second kappa shape index (κ2) is 3.68. The largest absolute Gasteiger partial charge is 0.375 e. The molecular formula is C11H10BrNO3. The first-order chi connectivity index (χ1) is 7.43. The Kier molecular flexibility index (Phi) is 2.59. The molecule has 1 aliphatic heterocycles. The van der Waals surface area contributed by atoms with Crippen LogP contribution in [0.25, 0.3) is 0 Å². The molecule has 1 aliphatic rings. The first-order valence-electron chi connectivity index (χ1n) is 4.77. The number of nitrogens with one attached hydrogen (secondary N) is 1. The third-order valence-electron chi connectivity index (χ3n) is 2.56. The van der Waals surface area contributed by atoms with Crippen molar-refractivity contribution in [2.24, 2.45) is 0 Å². The molecule has 1 heterocycles. The topological polar surface area (TPSA) is 66.4 Å². The lowest BCUT2D eigenvalue weighted by Crippen LogP contribution is -2.35. The second-order valence-electron chi connectivity index (χ2n) is 3.88. The van der Waals surface area contributed by atoms with Crippen LogP contribution in [0.3, 0.4) is 0 Å². The van der Waals surface area contributed by atoms with Crippen molar-refractivity contribution >= 4 is 33.3 Å². The number of ketones is 1. The van der Waals surface area contributed by atoms with E-state index in [0.29, 0.717) is 11.3 Å². The maximum atomic E-state index is 11.7. The molecule has 4 nitrogen and oxygen atoms in total. The van der Waals surface area contributed by atoms with Crippen molar-refractivity contribution in [1.29, 1.82) is 0 Å². The molecule has 0 aliphatic carbocycles. The van der Waals surface area contributed by atoms with E-state index in [-0.39, 0.29) is 12.2 Å². The lowest BCUT2D eigenvalue weighted by atomic mass is 9.90. The average Bonchev–Trinajstić information content (AvgIpc) is 2.40. The molecule has 1 atom stereocenters. The van der Waals surface area contributed by atoms with Crippen LogP contribution in [0.5, 0.6) is 0 Å². The van der Waals surface area contributed by atoms with Crippen molar-refractivity contribution in [3.63, 3.8) is 0 Å². The van der Waals surface area contributed by atoms with E-state index in [2.05, 4.69) is 21.2 Å². The van der Waals surface area contributed by atoms with Crippen LogP contribution in [0.4, 0.5) is 5.69 Å². The molecule has 84 valence electrons. The zero-order valence-electron chi connectivity index (χ0n) is 8.58. The highest BCUT2D eigenvalue weighted by atomic mass is 79.9. The van der Waals surface area contributed by atoms with Gasteiger partial charge in [-0.2, -0.15) is 0 Å². The fourth-order valence-corrected chi connectivity index (χ4v) is 2.21. The molecule has 1 aromatic carbocycles. The maximum absolute atomic E-state index is 11.7. The Balaban J connectivity index is 2.53. The summed E-state index contributed by atoms with van der Waals surface area (Å²) >= 11 is 3.27. The van der Waals surface area contributed by atoms with Crippen LogP contribution in [0.2, 0.25) is 0 Å². The van der Waals surface area contributed by atoms with Gasteiger partial charge in [0.1, 0.15) is 5.78 Å². The lowest BCUT2D eigenvalue weighted by Gasteiger charge is -2.19. The van der Waals surface area contributed by atoms with Crippen LogP contribution < -0.4 is 5.32 Å². The van der Waals surface area contributed by atoms with E-state index in [4.69, 9.17) is 0 Å². The minimum absolute atomic E-state index is 0.206. The normalized spacial score (nSPS) is 22.8. The van der Waals surface area contributed by atoms with Crippen LogP contribution in [-0.4, -0.2) is 16.8 Å². The number of amides is 1. The van der Waals surface area contributed by atoms with E-state index in [0.717, 1.165) is 4.47 Å². The second-order valence-corrected chi connectivity index (χ2v) is 4.80. The summed E-state index contributed by atoms with van der Waals surface area (Å²) in [6.45, 7) is 1.35. The number of Topliss-reactive ketones (excluding diaryl/α,β-unsaturated/α-hetero) is 1. The summed E-state index contributed by atoms with van der Waals surface area (Å²) in [6, 6.07) is 5.10. The number of aliphatic hydroxyl groups is 1. The maximum Gasteiger partial charge on any atom is 0.261 e. The monoisotopic (exact) mass is 283 g/mol. The third-order valence-corrected chi connectivity index (χ3v) is 3.05. The summed E-state index contributed by atoms with van der Waals surface area (Å²) in [5, 5.41) is 12.8. The number of fused-ring (bicyclic) bond motifs is 1. The Bertz CT molecular complexity index is 486. The van der Waals surface area contributed by atoms with Crippen molar-refractivity contribution in [2.45, 2.75) is 18.9 Å². The Morgan fingerprint density at radius 3 is 2.88 bits per heavy atom. The van der Waals surface area contributed by atoms with E-state index < -0.39 is 11.5 Å². The van der Waals surface area contributed by atoms with Crippen molar-refractivity contribution in [3.8, 4) is 0 Å². The SMILES string of the molecule is CC(=O)C[C@@]1(O)C(=O)Nc2ccc(Br)cc21. The van der Waals surface area contributed by atoms with Crippen molar-refractivity contribution < 1.29 is 14.7 Å². The highest BCUT2D eigenvalue weighted by Gasteiger charge is 2.46. The lowest BCUT2D eigenvalue weighted by molar-refractivity contribution is -0.139. The van der Waals surface area contributed by atoms with Crippen LogP contribution >= 0.6 is 15.9 Å². The van der Waals surface area contributed by atoms with Gasteiger partial charge < -0.3 is 10.4 Å². The van der Waals surface area contributed by atoms with Crippen LogP contribution in [0.1, 0.15) is 18.9 Å². The van der Waals surface area contributed by atoms with Gasteiger partial charge in [-0.1, -0.05) is 15.9 Å². The average molecular weight is 284 g/mol. The van der Waals surface area contributed by atoms with Crippen LogP contribution in [0, 0.1) is 0 Å². The zero-order valence-corrected chi connectivity index (χ0v) is 10.2. The molecule has 16 heavy (non-hydrogen) atoms. The molecule has 0 spiro atoms. The van der Waals surface area contributed by atoms with E-state index in [1.165, 1.54) is 6.92 Å². The molecule has 5 heteroatoms. The number of benzene rings is 1. The molecule has 0 fully saturated rings. The summed E-state index contributed by atoms with van der Waals surface area (Å²) in [7, 11) is 0. The first kappa shape index (κ1) is 11.3. The van der Waals surface area contributed by atoms with Crippen molar-refractivity contribution in [1.82, 2.24) is 0 Å². The van der Waals surface area contributed by atoms with Gasteiger partial charge in [-0.25, -0.2) is 0 Å². The number of anilines is 1. The quantitative estimate of drug-likeness (QED) is 0.866. The molecule has 1 amide bonds. The van der Waals surface area contributed by atoms with Crippen LogP contribution in [-0.2, 0) is 15.2 Å². The minimum atomic E-state index is -1.73. The molecule has 0 saturated carbocycles. The first-order valence-corrected chi connectivity index (χ1v) is 5.56. The van der Waals surface area contributed by atoms with Gasteiger partial charge in [0, 0.05) is 22.1 Å². The summed E-state index contributed by atoms with van der Waals surface area (Å²) in [5.41, 5.74) is -0.732. The molecule has 2 N–H and O–H groups in total. The summed E-state index contributed by atoms with van der Waals surface area (Å²) in [4.78, 5) is 22.8. The van der Waals surface area contributed by atoms with E-state index in [9.17, 15) is 14.7 Å². The van der Waals surface area contributed by atoms with Crippen LogP contribution in [0.15, 0.2) is 22.7 Å². The standard InChI is InChI=1S/C11H10BrNO3/c1-6(14)5-11(16)8-4-7(12)2-3-9(8)13-10(11)15/h2-4,16H,5H2,1H3,(H,13,15)/t11-/m0/s1. The molecule has 0 radical (unpaired) electrons. The van der Waals surface area contributed by atoms with E-state index in [1.54, 1.807) is 18.2 Å². The summed E-state index contributed by atoms with van der Waals surface area (Å²) < 4.78 is 0.754. The molecular weight excluding hydrogens is 274 g/mol. The molecule has 2 rings (SSSR count). The minimum Gasteiger partial charge on any atom is -0.375 e. The Morgan fingerprint density at radius 1 is 1.56 bits per heavy atom. The third kappa shape index (κ3) is 1.66. The van der Waals surface area contributed by atoms with E-state index >= 15 is 0 Å². The van der Waals surface area contributed by atoms with Crippen molar-refractivity contribution in [3.05, 3.63) is 28.2 Å². The molecule has 0 aromatic heterocycles. The number of hydrogen-bond donors (Lipinski definition) is 2. The van der Waals surface area contributed by atoms with Gasteiger partial charge in [0.15, 0.2) is 5.60 Å². The molecule has 0 saturated heterocycles. The highest BCUT2D eigenvalue weighted by molar-refractivity contribution is 9.10. The van der Waals surface area contributed by atoms with Gasteiger partial charge in [-0.3, -0.25) is 9.59 Å². The molecule has 1 aromatic rings. The van der Waals surface area contributed by atoms with Gasteiger partial charge in [0.05, 0.1) is 0 Å².